The minimum atomic E-state index is -0.918. The van der Waals surface area contributed by atoms with Crippen LogP contribution in [0.1, 0.15) is 47.6 Å². The van der Waals surface area contributed by atoms with E-state index in [9.17, 15) is 9.90 Å². The highest BCUT2D eigenvalue weighted by Crippen LogP contribution is 2.29. The molecule has 0 amide bonds. The quantitative estimate of drug-likeness (QED) is 0.273. The van der Waals surface area contributed by atoms with E-state index in [1.807, 2.05) is 30.6 Å². The highest BCUT2D eigenvalue weighted by Gasteiger charge is 2.16. The van der Waals surface area contributed by atoms with Gasteiger partial charge in [0.1, 0.15) is 5.82 Å². The van der Waals surface area contributed by atoms with Gasteiger partial charge in [-0.2, -0.15) is 0 Å². The number of fused-ring (bicyclic) bond motifs is 1. The van der Waals surface area contributed by atoms with Crippen LogP contribution in [0.5, 0.6) is 0 Å². The van der Waals surface area contributed by atoms with Crippen LogP contribution >= 0.6 is 0 Å². The van der Waals surface area contributed by atoms with Crippen molar-refractivity contribution in [1.82, 2.24) is 19.1 Å². The second-order valence-electron chi connectivity index (χ2n) is 9.16. The summed E-state index contributed by atoms with van der Waals surface area (Å²) in [6, 6.07) is 19.7. The van der Waals surface area contributed by atoms with Gasteiger partial charge < -0.3 is 14.2 Å². The lowest BCUT2D eigenvalue weighted by Crippen LogP contribution is -2.05. The zero-order valence-corrected chi connectivity index (χ0v) is 20.9. The van der Waals surface area contributed by atoms with Gasteiger partial charge in [-0.05, 0) is 60.7 Å². The number of carboxylic acid groups (broad SMARTS) is 1. The Bertz CT molecular complexity index is 1540. The largest absolute Gasteiger partial charge is 0.478 e. The summed E-state index contributed by atoms with van der Waals surface area (Å²) < 4.78 is 4.39. The normalized spacial score (nSPS) is 11.3. The van der Waals surface area contributed by atoms with Crippen molar-refractivity contribution in [2.24, 2.45) is 0 Å². The van der Waals surface area contributed by atoms with Gasteiger partial charge in [0.2, 0.25) is 0 Å². The molecule has 0 aliphatic rings. The van der Waals surface area contributed by atoms with E-state index in [1.54, 1.807) is 12.1 Å². The fourth-order valence-corrected chi connectivity index (χ4v) is 4.76. The molecule has 0 spiro atoms. The molecule has 6 nitrogen and oxygen atoms in total. The summed E-state index contributed by atoms with van der Waals surface area (Å²) in [4.78, 5) is 21.3. The van der Waals surface area contributed by atoms with Crippen molar-refractivity contribution >= 4 is 17.0 Å². The van der Waals surface area contributed by atoms with E-state index in [1.165, 1.54) is 0 Å². The Morgan fingerprint density at radius 3 is 2.47 bits per heavy atom. The molecule has 6 heteroatoms. The van der Waals surface area contributed by atoms with Gasteiger partial charge in [-0.3, -0.25) is 0 Å². The second kappa shape index (κ2) is 9.82. The van der Waals surface area contributed by atoms with Crippen LogP contribution in [0, 0.1) is 6.92 Å². The van der Waals surface area contributed by atoms with Crippen molar-refractivity contribution in [3.05, 3.63) is 95.7 Å². The number of nitrogens with zero attached hydrogens (tertiary/aromatic N) is 4. The Labute approximate surface area is 210 Å². The molecule has 2 aromatic heterocycles. The Balaban J connectivity index is 1.54. The van der Waals surface area contributed by atoms with E-state index in [4.69, 9.17) is 4.98 Å². The van der Waals surface area contributed by atoms with Crippen molar-refractivity contribution < 1.29 is 9.90 Å². The van der Waals surface area contributed by atoms with E-state index in [0.717, 1.165) is 69.8 Å². The Morgan fingerprint density at radius 2 is 1.78 bits per heavy atom. The number of aromatic carboxylic acids is 1. The number of carboxylic acids is 1. The first-order valence-electron chi connectivity index (χ1n) is 12.4. The van der Waals surface area contributed by atoms with Crippen LogP contribution in [0.3, 0.4) is 0 Å². The maximum atomic E-state index is 11.7. The highest BCUT2D eigenvalue weighted by molar-refractivity contribution is 5.96. The molecule has 3 aromatic carbocycles. The summed E-state index contributed by atoms with van der Waals surface area (Å²) in [5.41, 5.74) is 8.42. The number of benzene rings is 3. The smallest absolute Gasteiger partial charge is 0.336 e. The zero-order valence-electron chi connectivity index (χ0n) is 20.9. The molecule has 0 saturated heterocycles. The molecule has 5 aromatic rings. The number of hydrogen-bond donors (Lipinski definition) is 1. The van der Waals surface area contributed by atoms with Gasteiger partial charge in [0, 0.05) is 31.3 Å². The molecule has 5 rings (SSSR count). The molecule has 0 radical (unpaired) electrons. The molecule has 1 N–H and O–H groups in total. The molecule has 182 valence electrons. The predicted molar refractivity (Wildman–Crippen MR) is 143 cm³/mol. The molecular formula is C30H30N4O2. The van der Waals surface area contributed by atoms with E-state index in [-0.39, 0.29) is 0 Å². The van der Waals surface area contributed by atoms with Crippen LogP contribution in [-0.2, 0) is 19.5 Å². The number of aromatic nitrogens is 4. The Hall–Kier alpha value is -4.19. The number of hydrogen-bond acceptors (Lipinski definition) is 3. The summed E-state index contributed by atoms with van der Waals surface area (Å²) in [7, 11) is 0. The lowest BCUT2D eigenvalue weighted by atomic mass is 9.98. The van der Waals surface area contributed by atoms with Crippen LogP contribution in [0.4, 0.5) is 0 Å². The van der Waals surface area contributed by atoms with Gasteiger partial charge >= 0.3 is 5.97 Å². The topological polar surface area (TPSA) is 72.9 Å². The van der Waals surface area contributed by atoms with Gasteiger partial charge in [0.25, 0.3) is 0 Å². The monoisotopic (exact) mass is 478 g/mol. The van der Waals surface area contributed by atoms with Crippen molar-refractivity contribution in [2.45, 2.75) is 46.7 Å². The third-order valence-electron chi connectivity index (χ3n) is 6.65. The van der Waals surface area contributed by atoms with Gasteiger partial charge in [-0.25, -0.2) is 14.8 Å². The van der Waals surface area contributed by atoms with Crippen LogP contribution in [0.15, 0.2) is 73.2 Å². The summed E-state index contributed by atoms with van der Waals surface area (Å²) in [6.45, 7) is 7.98. The van der Waals surface area contributed by atoms with E-state index in [0.29, 0.717) is 12.1 Å². The second-order valence-corrected chi connectivity index (χ2v) is 9.16. The molecule has 0 saturated carbocycles. The van der Waals surface area contributed by atoms with Crippen LogP contribution in [-0.4, -0.2) is 30.2 Å². The molecule has 0 aliphatic heterocycles. The highest BCUT2D eigenvalue weighted by atomic mass is 16.4. The van der Waals surface area contributed by atoms with Gasteiger partial charge in [0.05, 0.1) is 28.6 Å². The maximum Gasteiger partial charge on any atom is 0.336 e. The average Bonchev–Trinajstić information content (AvgIpc) is 3.50. The molecule has 0 aliphatic carbocycles. The van der Waals surface area contributed by atoms with Crippen molar-refractivity contribution in [2.75, 3.05) is 0 Å². The SMILES string of the molecule is CCCc1nc2c(C)cc(-c3cn(CC)cn3)cc2n1Cc1ccc(-c2ccccc2C(=O)O)cc1. The van der Waals surface area contributed by atoms with Gasteiger partial charge in [-0.1, -0.05) is 49.4 Å². The molecule has 2 heterocycles. The van der Waals surface area contributed by atoms with Crippen LogP contribution in [0.2, 0.25) is 0 Å². The minimum absolute atomic E-state index is 0.310. The van der Waals surface area contributed by atoms with E-state index in [2.05, 4.69) is 65.4 Å². The van der Waals surface area contributed by atoms with E-state index >= 15 is 0 Å². The standard InChI is InChI=1S/C30H30N4O2/c1-4-8-28-32-29-20(3)15-23(26-18-33(5-2)19-31-26)16-27(29)34(28)17-21-11-13-22(14-12-21)24-9-6-7-10-25(24)30(35)36/h6-7,9-16,18-19H,4-5,8,17H2,1-3H3,(H,35,36). The van der Waals surface area contributed by atoms with Crippen LogP contribution < -0.4 is 0 Å². The molecule has 0 bridgehead atoms. The molecular weight excluding hydrogens is 448 g/mol. The van der Waals surface area contributed by atoms with Crippen molar-refractivity contribution in [3.63, 3.8) is 0 Å². The fourth-order valence-electron chi connectivity index (χ4n) is 4.76. The molecule has 0 atom stereocenters. The Kier molecular flexibility index (Phi) is 6.42. The zero-order chi connectivity index (χ0) is 25.2. The third kappa shape index (κ3) is 4.42. The number of imidazole rings is 2. The number of rotatable bonds is 8. The average molecular weight is 479 g/mol. The summed E-state index contributed by atoms with van der Waals surface area (Å²) in [6.07, 6.45) is 5.87. The minimum Gasteiger partial charge on any atom is -0.478 e. The summed E-state index contributed by atoms with van der Waals surface area (Å²) in [5.74, 6) is 0.158. The molecule has 36 heavy (non-hydrogen) atoms. The van der Waals surface area contributed by atoms with Crippen LogP contribution in [0.25, 0.3) is 33.4 Å². The first-order chi connectivity index (χ1) is 17.5. The lowest BCUT2D eigenvalue weighted by Gasteiger charge is -2.12. The van der Waals surface area contributed by atoms with Gasteiger partial charge in [-0.15, -0.1) is 0 Å². The Morgan fingerprint density at radius 1 is 1.00 bits per heavy atom. The van der Waals surface area contributed by atoms with E-state index < -0.39 is 5.97 Å². The lowest BCUT2D eigenvalue weighted by molar-refractivity contribution is 0.0697. The van der Waals surface area contributed by atoms with Crippen molar-refractivity contribution in [3.8, 4) is 22.4 Å². The summed E-state index contributed by atoms with van der Waals surface area (Å²) >= 11 is 0. The first-order valence-corrected chi connectivity index (χ1v) is 12.4. The number of aryl methyl sites for hydroxylation is 3. The van der Waals surface area contributed by atoms with Gasteiger partial charge in [0.15, 0.2) is 0 Å². The summed E-state index contributed by atoms with van der Waals surface area (Å²) in [5, 5.41) is 9.56. The molecule has 0 fully saturated rings. The first kappa shape index (κ1) is 23.5. The maximum absolute atomic E-state index is 11.7. The molecule has 0 unspecified atom stereocenters. The van der Waals surface area contributed by atoms with Crippen molar-refractivity contribution in [1.29, 1.82) is 0 Å². The number of carbonyl (C=O) groups is 1. The third-order valence-corrected chi connectivity index (χ3v) is 6.65. The fraction of sp³-hybridized carbons (Fsp3) is 0.233. The predicted octanol–water partition coefficient (Wildman–Crippen LogP) is 6.59.